The Labute approximate surface area is 137 Å². The van der Waals surface area contributed by atoms with Crippen LogP contribution in [0.15, 0.2) is 24.3 Å². The zero-order valence-electron chi connectivity index (χ0n) is 13.8. The molecular weight excluding hydrogens is 290 g/mol. The van der Waals surface area contributed by atoms with E-state index in [0.29, 0.717) is 19.7 Å². The molecule has 2 aliphatic rings. The van der Waals surface area contributed by atoms with E-state index >= 15 is 0 Å². The van der Waals surface area contributed by atoms with Gasteiger partial charge >= 0.3 is 5.97 Å². The van der Waals surface area contributed by atoms with Crippen molar-refractivity contribution in [1.82, 2.24) is 4.90 Å². The molecule has 1 fully saturated rings. The number of carbonyl (C=O) groups excluding carboxylic acids is 2. The summed E-state index contributed by atoms with van der Waals surface area (Å²) >= 11 is 0. The number of fused-ring (bicyclic) bond motifs is 1. The SMILES string of the molecule is CCOC(=O)C1CCN(C(=O)C2CCCc3ccccc32)CC1. The summed E-state index contributed by atoms with van der Waals surface area (Å²) in [6, 6.07) is 8.32. The monoisotopic (exact) mass is 315 g/mol. The van der Waals surface area contributed by atoms with Crippen molar-refractivity contribution in [3.8, 4) is 0 Å². The molecule has 1 aliphatic carbocycles. The summed E-state index contributed by atoms with van der Waals surface area (Å²) < 4.78 is 5.10. The Morgan fingerprint density at radius 3 is 2.65 bits per heavy atom. The van der Waals surface area contributed by atoms with E-state index in [1.54, 1.807) is 0 Å². The van der Waals surface area contributed by atoms with Crippen molar-refractivity contribution in [2.75, 3.05) is 19.7 Å². The lowest BCUT2D eigenvalue weighted by Crippen LogP contribution is -2.43. The number of aryl methyl sites for hydroxylation is 1. The molecule has 1 unspecified atom stereocenters. The van der Waals surface area contributed by atoms with Crippen molar-refractivity contribution in [3.63, 3.8) is 0 Å². The van der Waals surface area contributed by atoms with Gasteiger partial charge in [-0.2, -0.15) is 0 Å². The molecule has 1 saturated heterocycles. The van der Waals surface area contributed by atoms with Gasteiger partial charge < -0.3 is 9.64 Å². The van der Waals surface area contributed by atoms with E-state index in [2.05, 4.69) is 18.2 Å². The standard InChI is InChI=1S/C19H25NO3/c1-2-23-19(22)15-10-12-20(13-11-15)18(21)17-9-5-7-14-6-3-4-8-16(14)17/h3-4,6,8,15,17H,2,5,7,9-13H2,1H3. The largest absolute Gasteiger partial charge is 0.466 e. The highest BCUT2D eigenvalue weighted by molar-refractivity contribution is 5.85. The van der Waals surface area contributed by atoms with E-state index in [0.717, 1.165) is 32.1 Å². The molecule has 23 heavy (non-hydrogen) atoms. The van der Waals surface area contributed by atoms with Crippen molar-refractivity contribution in [3.05, 3.63) is 35.4 Å². The molecule has 3 rings (SSSR count). The van der Waals surface area contributed by atoms with Crippen LogP contribution in [0.25, 0.3) is 0 Å². The average Bonchev–Trinajstić information content (AvgIpc) is 2.61. The van der Waals surface area contributed by atoms with Crippen molar-refractivity contribution < 1.29 is 14.3 Å². The van der Waals surface area contributed by atoms with E-state index in [4.69, 9.17) is 4.74 Å². The topological polar surface area (TPSA) is 46.6 Å². The first-order valence-electron chi connectivity index (χ1n) is 8.74. The van der Waals surface area contributed by atoms with Crippen molar-refractivity contribution in [2.45, 2.75) is 44.9 Å². The number of esters is 1. The maximum Gasteiger partial charge on any atom is 0.309 e. The van der Waals surface area contributed by atoms with Crippen LogP contribution in [0.2, 0.25) is 0 Å². The van der Waals surface area contributed by atoms with Gasteiger partial charge in [0, 0.05) is 13.1 Å². The highest BCUT2D eigenvalue weighted by Gasteiger charge is 2.33. The quantitative estimate of drug-likeness (QED) is 0.806. The van der Waals surface area contributed by atoms with Crippen LogP contribution in [0, 0.1) is 5.92 Å². The molecule has 0 bridgehead atoms. The van der Waals surface area contributed by atoms with Gasteiger partial charge in [0.05, 0.1) is 18.4 Å². The van der Waals surface area contributed by atoms with Gasteiger partial charge in [0.15, 0.2) is 0 Å². The Hall–Kier alpha value is -1.84. The summed E-state index contributed by atoms with van der Waals surface area (Å²) in [4.78, 5) is 26.7. The van der Waals surface area contributed by atoms with E-state index in [9.17, 15) is 9.59 Å². The van der Waals surface area contributed by atoms with E-state index in [1.807, 2.05) is 17.9 Å². The second kappa shape index (κ2) is 7.16. The molecule has 0 aromatic heterocycles. The van der Waals surface area contributed by atoms with Gasteiger partial charge in [-0.15, -0.1) is 0 Å². The Bertz CT molecular complexity index is 576. The zero-order chi connectivity index (χ0) is 16.2. The van der Waals surface area contributed by atoms with Crippen LogP contribution < -0.4 is 0 Å². The molecule has 0 N–H and O–H groups in total. The van der Waals surface area contributed by atoms with Crippen LogP contribution in [-0.2, 0) is 20.7 Å². The average molecular weight is 315 g/mol. The van der Waals surface area contributed by atoms with Gasteiger partial charge in [0.1, 0.15) is 0 Å². The van der Waals surface area contributed by atoms with Gasteiger partial charge in [0.25, 0.3) is 0 Å². The molecule has 0 spiro atoms. The van der Waals surface area contributed by atoms with Crippen molar-refractivity contribution >= 4 is 11.9 Å². The molecule has 124 valence electrons. The smallest absolute Gasteiger partial charge is 0.309 e. The van der Waals surface area contributed by atoms with Crippen LogP contribution in [-0.4, -0.2) is 36.5 Å². The highest BCUT2D eigenvalue weighted by atomic mass is 16.5. The number of piperidine rings is 1. The minimum Gasteiger partial charge on any atom is -0.466 e. The molecule has 1 aliphatic heterocycles. The number of rotatable bonds is 3. The predicted octanol–water partition coefficient (Wildman–Crippen LogP) is 2.91. The fourth-order valence-electron chi connectivity index (χ4n) is 3.83. The number of likely N-dealkylation sites (tertiary alicyclic amines) is 1. The third-order valence-corrected chi connectivity index (χ3v) is 5.09. The van der Waals surface area contributed by atoms with Gasteiger partial charge in [0.2, 0.25) is 5.91 Å². The molecule has 4 nitrogen and oxygen atoms in total. The molecule has 1 heterocycles. The molecule has 1 atom stereocenters. The molecule has 0 saturated carbocycles. The molecule has 0 radical (unpaired) electrons. The maximum atomic E-state index is 12.9. The Balaban J connectivity index is 1.63. The van der Waals surface area contributed by atoms with Crippen LogP contribution in [0.5, 0.6) is 0 Å². The van der Waals surface area contributed by atoms with Gasteiger partial charge in [-0.3, -0.25) is 9.59 Å². The number of amides is 1. The third kappa shape index (κ3) is 3.41. The lowest BCUT2D eigenvalue weighted by Gasteiger charge is -2.35. The van der Waals surface area contributed by atoms with Gasteiger partial charge in [-0.25, -0.2) is 0 Å². The first-order valence-corrected chi connectivity index (χ1v) is 8.74. The predicted molar refractivity (Wildman–Crippen MR) is 88.1 cm³/mol. The van der Waals surface area contributed by atoms with Crippen LogP contribution in [0.1, 0.15) is 49.7 Å². The van der Waals surface area contributed by atoms with Gasteiger partial charge in [-0.05, 0) is 50.2 Å². The number of hydrogen-bond acceptors (Lipinski definition) is 3. The normalized spacial score (nSPS) is 21.6. The number of hydrogen-bond donors (Lipinski definition) is 0. The maximum absolute atomic E-state index is 12.9. The Kier molecular flexibility index (Phi) is 4.99. The summed E-state index contributed by atoms with van der Waals surface area (Å²) in [6.07, 6.45) is 4.53. The van der Waals surface area contributed by atoms with Crippen LogP contribution in [0.4, 0.5) is 0 Å². The molecule has 1 aromatic carbocycles. The minimum absolute atomic E-state index is 0.000840. The fraction of sp³-hybridized carbons (Fsp3) is 0.579. The Morgan fingerprint density at radius 2 is 1.91 bits per heavy atom. The number of carbonyl (C=O) groups is 2. The number of benzene rings is 1. The minimum atomic E-state index is -0.109. The summed E-state index contributed by atoms with van der Waals surface area (Å²) in [5, 5.41) is 0. The second-order valence-electron chi connectivity index (χ2n) is 6.50. The van der Waals surface area contributed by atoms with Crippen LogP contribution in [0.3, 0.4) is 0 Å². The summed E-state index contributed by atoms with van der Waals surface area (Å²) in [7, 11) is 0. The first kappa shape index (κ1) is 16.0. The van der Waals surface area contributed by atoms with E-state index in [-0.39, 0.29) is 23.7 Å². The fourth-order valence-corrected chi connectivity index (χ4v) is 3.83. The van der Waals surface area contributed by atoms with E-state index in [1.165, 1.54) is 11.1 Å². The highest BCUT2D eigenvalue weighted by Crippen LogP contribution is 2.34. The summed E-state index contributed by atoms with van der Waals surface area (Å²) in [5.74, 6) is 0.0822. The molecule has 4 heteroatoms. The van der Waals surface area contributed by atoms with E-state index < -0.39 is 0 Å². The second-order valence-corrected chi connectivity index (χ2v) is 6.50. The lowest BCUT2D eigenvalue weighted by molar-refractivity contribution is -0.151. The van der Waals surface area contributed by atoms with Crippen molar-refractivity contribution in [1.29, 1.82) is 0 Å². The molecule has 1 amide bonds. The number of ether oxygens (including phenoxy) is 1. The Morgan fingerprint density at radius 1 is 1.17 bits per heavy atom. The third-order valence-electron chi connectivity index (χ3n) is 5.09. The number of nitrogens with zero attached hydrogens (tertiary/aromatic N) is 1. The zero-order valence-corrected chi connectivity index (χ0v) is 13.8. The van der Waals surface area contributed by atoms with Crippen molar-refractivity contribution in [2.24, 2.45) is 5.92 Å². The lowest BCUT2D eigenvalue weighted by atomic mass is 9.81. The van der Waals surface area contributed by atoms with Gasteiger partial charge in [-0.1, -0.05) is 24.3 Å². The van der Waals surface area contributed by atoms with Crippen LogP contribution >= 0.6 is 0 Å². The summed E-state index contributed by atoms with van der Waals surface area (Å²) in [5.41, 5.74) is 2.52. The molecule has 1 aromatic rings. The summed E-state index contributed by atoms with van der Waals surface area (Å²) in [6.45, 7) is 3.59. The molecular formula is C19H25NO3. The first-order chi connectivity index (χ1) is 11.2.